The van der Waals surface area contributed by atoms with Crippen LogP contribution < -0.4 is 20.3 Å². The van der Waals surface area contributed by atoms with Crippen LogP contribution in [0.15, 0.2) is 48.7 Å². The average molecular weight is 875 g/mol. The number of piperidine rings is 1. The van der Waals surface area contributed by atoms with Crippen molar-refractivity contribution in [1.82, 2.24) is 39.4 Å². The molecule has 7 heterocycles. The lowest BCUT2D eigenvalue weighted by Gasteiger charge is -2.43. The van der Waals surface area contributed by atoms with Gasteiger partial charge < -0.3 is 19.1 Å². The summed E-state index contributed by atoms with van der Waals surface area (Å²) in [7, 11) is 1.84. The maximum atomic E-state index is 15.4. The molecular weight excluding hydrogens is 823 g/mol. The van der Waals surface area contributed by atoms with Crippen LogP contribution >= 0.6 is 0 Å². The number of hydrogen-bond acceptors (Lipinski definition) is 10. The molecule has 1 saturated carbocycles. The lowest BCUT2D eigenvalue weighted by Crippen LogP contribution is -2.57. The van der Waals surface area contributed by atoms with E-state index in [9.17, 15) is 19.2 Å². The fraction of sp³-hybridized carbons (Fsp3) is 0.468. The van der Waals surface area contributed by atoms with Crippen molar-refractivity contribution in [1.29, 1.82) is 0 Å². The average Bonchev–Trinajstić information content (AvgIpc) is 3.53. The van der Waals surface area contributed by atoms with Crippen molar-refractivity contribution in [3.8, 4) is 17.1 Å². The molecule has 3 aromatic heterocycles. The van der Waals surface area contributed by atoms with Gasteiger partial charge in [-0.25, -0.2) is 18.4 Å². The molecule has 3 atom stereocenters. The summed E-state index contributed by atoms with van der Waals surface area (Å²) >= 11 is 0. The van der Waals surface area contributed by atoms with E-state index in [1.54, 1.807) is 23.0 Å². The summed E-state index contributed by atoms with van der Waals surface area (Å²) in [5.41, 5.74) is 5.26. The van der Waals surface area contributed by atoms with Crippen LogP contribution in [-0.4, -0.2) is 103 Å². The number of piperazine rings is 1. The number of nitrogens with one attached hydrogen (secondary N) is 2. The SMILES string of the molecule is Cc1cc2cc(n1)-c1cnn(C)c1OCCC[C@@H](C)Cn1c(nc3ccc(CN4CCN(C(=O)[C@@H]5CCN(c6cc(F)c([C@H]7CCC(=O)NC7=O)c(F)c6)C5)CC45CC5)cc31)NC2=O. The van der Waals surface area contributed by atoms with Crippen molar-refractivity contribution in [2.24, 2.45) is 18.9 Å². The number of rotatable bonds is 5. The maximum absolute atomic E-state index is 15.4. The Labute approximate surface area is 369 Å². The molecule has 15 nitrogen and oxygen atoms in total. The number of halogens is 2. The Morgan fingerprint density at radius 3 is 2.55 bits per heavy atom. The van der Waals surface area contributed by atoms with E-state index in [0.717, 1.165) is 47.8 Å². The van der Waals surface area contributed by atoms with Crippen molar-refractivity contribution >= 4 is 46.3 Å². The van der Waals surface area contributed by atoms with Gasteiger partial charge in [-0.15, -0.1) is 0 Å². The van der Waals surface area contributed by atoms with E-state index in [4.69, 9.17) is 14.7 Å². The molecule has 64 heavy (non-hydrogen) atoms. The number of amides is 4. The molecular formula is C47H52F2N10O5. The molecule has 1 aliphatic carbocycles. The second-order valence-corrected chi connectivity index (χ2v) is 18.5. The second-order valence-electron chi connectivity index (χ2n) is 18.5. The standard InChI is InChI=1S/C47H52F2N10O5/c1-27-5-4-16-64-45-34(22-50-55(45)3)38-19-31(17-28(2)51-38)42(61)54-46-52-37-8-6-29(18-39(37)59(46)23-27)24-58-15-14-57(26-47(58)11-12-47)44(63)30-10-13-56(25-30)32-20-35(48)41(36(49)21-32)33-7-9-40(60)53-43(33)62/h6,8,17-22,27,30,33H,4-5,7,9-16,23-26H2,1-3H3,(H,52,54,61)(H,53,60,62)/t27-,30-,33-/m1/s1. The summed E-state index contributed by atoms with van der Waals surface area (Å²) in [6.45, 7) is 8.68. The molecule has 4 amide bonds. The molecule has 1 spiro atoms. The number of ether oxygens (including phenoxy) is 1. The predicted octanol–water partition coefficient (Wildman–Crippen LogP) is 5.70. The van der Waals surface area contributed by atoms with Gasteiger partial charge in [0.25, 0.3) is 5.91 Å². The number of pyridine rings is 1. The van der Waals surface area contributed by atoms with E-state index < -0.39 is 29.4 Å². The Balaban J connectivity index is 0.825. The van der Waals surface area contributed by atoms with Crippen LogP contribution in [0.2, 0.25) is 0 Å². The minimum absolute atomic E-state index is 0.0224. The van der Waals surface area contributed by atoms with Gasteiger partial charge in [0.15, 0.2) is 0 Å². The summed E-state index contributed by atoms with van der Waals surface area (Å²) in [6, 6.07) is 12.3. The number of carbonyl (C=O) groups is 4. The third-order valence-corrected chi connectivity index (χ3v) is 13.9. The molecule has 5 aromatic rings. The maximum Gasteiger partial charge on any atom is 0.258 e. The first-order valence-corrected chi connectivity index (χ1v) is 22.4. The normalized spacial score (nSPS) is 22.6. The summed E-state index contributed by atoms with van der Waals surface area (Å²) < 4.78 is 40.8. The van der Waals surface area contributed by atoms with Gasteiger partial charge in [-0.05, 0) is 93.3 Å². The van der Waals surface area contributed by atoms with Crippen LogP contribution in [0.5, 0.6) is 5.88 Å². The number of aromatic nitrogens is 5. The molecule has 2 bridgehead atoms. The molecule has 10 rings (SSSR count). The highest BCUT2D eigenvalue weighted by Crippen LogP contribution is 2.46. The zero-order valence-electron chi connectivity index (χ0n) is 36.3. The quantitative estimate of drug-likeness (QED) is 0.210. The number of benzene rings is 2. The Morgan fingerprint density at radius 1 is 0.953 bits per heavy atom. The number of aryl methyl sites for hydroxylation is 2. The van der Waals surface area contributed by atoms with E-state index in [1.807, 2.05) is 29.8 Å². The topological polar surface area (TPSA) is 160 Å². The van der Waals surface area contributed by atoms with Gasteiger partial charge in [-0.1, -0.05) is 13.0 Å². The Hall–Kier alpha value is -6.23. The minimum Gasteiger partial charge on any atom is -0.477 e. The second kappa shape index (κ2) is 16.4. The van der Waals surface area contributed by atoms with Gasteiger partial charge in [-0.2, -0.15) is 5.10 Å². The van der Waals surface area contributed by atoms with Crippen LogP contribution in [0, 0.1) is 30.4 Å². The molecule has 0 radical (unpaired) electrons. The van der Waals surface area contributed by atoms with Crippen molar-refractivity contribution in [3.05, 3.63) is 82.7 Å². The van der Waals surface area contributed by atoms with Crippen molar-refractivity contribution < 1.29 is 32.7 Å². The first kappa shape index (κ1) is 41.8. The minimum atomic E-state index is -1.07. The van der Waals surface area contributed by atoms with Crippen LogP contribution in [0.3, 0.4) is 0 Å². The van der Waals surface area contributed by atoms with Gasteiger partial charge in [0, 0.05) is 87.3 Å². The van der Waals surface area contributed by atoms with Gasteiger partial charge in [-0.3, -0.25) is 39.7 Å². The van der Waals surface area contributed by atoms with Crippen molar-refractivity contribution in [3.63, 3.8) is 0 Å². The van der Waals surface area contributed by atoms with E-state index in [0.29, 0.717) is 93.3 Å². The van der Waals surface area contributed by atoms with Crippen LogP contribution in [-0.2, 0) is 34.5 Å². The molecule has 334 valence electrons. The number of imidazole rings is 1. The molecule has 5 aliphatic rings. The van der Waals surface area contributed by atoms with Crippen molar-refractivity contribution in [2.45, 2.75) is 83.3 Å². The van der Waals surface area contributed by atoms with E-state index in [-0.39, 0.29) is 47.6 Å². The Bertz CT molecular complexity index is 2690. The molecule has 3 saturated heterocycles. The highest BCUT2D eigenvalue weighted by molar-refractivity contribution is 6.05. The van der Waals surface area contributed by atoms with Gasteiger partial charge in [0.1, 0.15) is 11.6 Å². The van der Waals surface area contributed by atoms with Crippen LogP contribution in [0.1, 0.15) is 85.0 Å². The summed E-state index contributed by atoms with van der Waals surface area (Å²) in [5, 5.41) is 9.71. The summed E-state index contributed by atoms with van der Waals surface area (Å²) in [6.07, 6.45) is 6.06. The smallest absolute Gasteiger partial charge is 0.258 e. The lowest BCUT2D eigenvalue weighted by atomic mass is 9.89. The molecule has 0 unspecified atom stereocenters. The number of carbonyl (C=O) groups excluding carboxylic acids is 4. The predicted molar refractivity (Wildman–Crippen MR) is 234 cm³/mol. The summed E-state index contributed by atoms with van der Waals surface area (Å²) in [5.74, 6) is -3.02. The van der Waals surface area contributed by atoms with Crippen LogP contribution in [0.4, 0.5) is 20.4 Å². The summed E-state index contributed by atoms with van der Waals surface area (Å²) in [4.78, 5) is 67.9. The first-order valence-electron chi connectivity index (χ1n) is 22.4. The third-order valence-electron chi connectivity index (χ3n) is 13.9. The zero-order valence-corrected chi connectivity index (χ0v) is 36.3. The first-order chi connectivity index (χ1) is 30.8. The van der Waals surface area contributed by atoms with E-state index in [1.165, 1.54) is 12.1 Å². The fourth-order valence-corrected chi connectivity index (χ4v) is 10.2. The third kappa shape index (κ3) is 7.87. The Kier molecular flexibility index (Phi) is 10.7. The lowest BCUT2D eigenvalue weighted by molar-refractivity contribution is -0.139. The largest absolute Gasteiger partial charge is 0.477 e. The molecule has 4 aliphatic heterocycles. The molecule has 17 heteroatoms. The number of imide groups is 1. The monoisotopic (exact) mass is 874 g/mol. The highest BCUT2D eigenvalue weighted by Gasteiger charge is 2.52. The van der Waals surface area contributed by atoms with E-state index in [2.05, 4.69) is 44.3 Å². The number of anilines is 2. The van der Waals surface area contributed by atoms with E-state index >= 15 is 8.78 Å². The molecule has 2 aromatic carbocycles. The highest BCUT2D eigenvalue weighted by atomic mass is 19.1. The zero-order chi connectivity index (χ0) is 44.4. The van der Waals surface area contributed by atoms with Crippen LogP contribution in [0.25, 0.3) is 22.3 Å². The van der Waals surface area contributed by atoms with Gasteiger partial charge in [0.2, 0.25) is 29.5 Å². The number of nitrogens with zero attached hydrogens (tertiary/aromatic N) is 8. The van der Waals surface area contributed by atoms with Gasteiger partial charge >= 0.3 is 0 Å². The molecule has 4 fully saturated rings. The molecule has 2 N–H and O–H groups in total. The Morgan fingerprint density at radius 2 is 1.77 bits per heavy atom. The van der Waals surface area contributed by atoms with Gasteiger partial charge in [0.05, 0.1) is 46.9 Å². The van der Waals surface area contributed by atoms with Crippen molar-refractivity contribution in [2.75, 3.05) is 49.5 Å². The number of hydrogen-bond donors (Lipinski definition) is 2. The number of fused-ring (bicyclic) bond motifs is 7. The fourth-order valence-electron chi connectivity index (χ4n) is 10.2.